The van der Waals surface area contributed by atoms with Crippen molar-refractivity contribution in [2.45, 2.75) is 11.8 Å². The number of nitrogens with one attached hydrogen (secondary N) is 2. The predicted octanol–water partition coefficient (Wildman–Crippen LogP) is 4.43. The molecule has 0 saturated heterocycles. The number of allylic oxidation sites excluding steroid dienone is 1. The summed E-state index contributed by atoms with van der Waals surface area (Å²) in [5.74, 6) is 1.04. The number of hydrogen-bond donors (Lipinski definition) is 2. The quantitative estimate of drug-likeness (QED) is 0.323. The number of sulfonamides is 1. The second-order valence-corrected chi connectivity index (χ2v) is 9.25. The fourth-order valence-electron chi connectivity index (χ4n) is 3.29. The van der Waals surface area contributed by atoms with Crippen LogP contribution in [-0.4, -0.2) is 41.6 Å². The highest BCUT2D eigenvalue weighted by atomic mass is 32.2. The molecule has 0 heterocycles. The van der Waals surface area contributed by atoms with E-state index >= 15 is 0 Å². The number of rotatable bonds is 9. The van der Waals surface area contributed by atoms with Gasteiger partial charge in [-0.2, -0.15) is 0 Å². The van der Waals surface area contributed by atoms with E-state index < -0.39 is 16.1 Å². The van der Waals surface area contributed by atoms with Gasteiger partial charge in [-0.15, -0.1) is 0 Å². The van der Waals surface area contributed by atoms with Gasteiger partial charge in [0.25, 0.3) is 10.0 Å². The molecule has 2 N–H and O–H groups in total. The molecule has 2 amide bonds. The van der Waals surface area contributed by atoms with E-state index in [-0.39, 0.29) is 10.7 Å². The Morgan fingerprint density at radius 1 is 0.806 bits per heavy atom. The number of methoxy groups -OCH3 is 3. The molecule has 0 aliphatic rings. The molecule has 3 rings (SSSR count). The smallest absolute Gasteiger partial charge is 0.333 e. The summed E-state index contributed by atoms with van der Waals surface area (Å²) in [5.41, 5.74) is 2.19. The van der Waals surface area contributed by atoms with Crippen molar-refractivity contribution in [3.05, 3.63) is 83.4 Å². The van der Waals surface area contributed by atoms with Crippen molar-refractivity contribution in [1.82, 2.24) is 4.72 Å². The Hall–Kier alpha value is -4.31. The van der Waals surface area contributed by atoms with Crippen LogP contribution in [0.15, 0.2) is 71.6 Å². The van der Waals surface area contributed by atoms with Crippen LogP contribution < -0.4 is 24.2 Å². The molecule has 3 aromatic carbocycles. The lowest BCUT2D eigenvalue weighted by molar-refractivity contribution is 0.104. The Morgan fingerprint density at radius 3 is 2.03 bits per heavy atom. The van der Waals surface area contributed by atoms with E-state index in [2.05, 4.69) is 5.32 Å². The summed E-state index contributed by atoms with van der Waals surface area (Å²) in [6.07, 6.45) is 2.98. The van der Waals surface area contributed by atoms with Crippen LogP contribution in [0.3, 0.4) is 0 Å². The maximum Gasteiger partial charge on any atom is 0.333 e. The van der Waals surface area contributed by atoms with E-state index in [1.807, 2.05) is 11.6 Å². The molecule has 0 radical (unpaired) electrons. The van der Waals surface area contributed by atoms with Crippen molar-refractivity contribution in [2.75, 3.05) is 26.6 Å². The molecule has 0 fully saturated rings. The Balaban J connectivity index is 1.67. The van der Waals surface area contributed by atoms with Crippen LogP contribution in [0, 0.1) is 6.92 Å². The van der Waals surface area contributed by atoms with E-state index in [4.69, 9.17) is 14.2 Å². The number of benzene rings is 3. The number of aryl methyl sites for hydroxylation is 1. The van der Waals surface area contributed by atoms with Crippen molar-refractivity contribution in [2.24, 2.45) is 0 Å². The number of carbonyl (C=O) groups is 2. The highest BCUT2D eigenvalue weighted by molar-refractivity contribution is 7.90. The molecule has 9 nitrogen and oxygen atoms in total. The molecule has 0 aromatic heterocycles. The summed E-state index contributed by atoms with van der Waals surface area (Å²) in [6.45, 7) is 1.83. The third kappa shape index (κ3) is 6.22. The van der Waals surface area contributed by atoms with E-state index in [1.54, 1.807) is 30.3 Å². The summed E-state index contributed by atoms with van der Waals surface area (Å²) in [4.78, 5) is 24.8. The first-order valence-corrected chi connectivity index (χ1v) is 12.2. The highest BCUT2D eigenvalue weighted by Crippen LogP contribution is 2.40. The molecule has 10 heteroatoms. The zero-order chi connectivity index (χ0) is 26.3. The number of carbonyl (C=O) groups excluding carboxylic acids is 2. The van der Waals surface area contributed by atoms with Crippen LogP contribution in [-0.2, 0) is 10.0 Å². The van der Waals surface area contributed by atoms with Gasteiger partial charge in [-0.25, -0.2) is 17.9 Å². The molecule has 0 aliphatic heterocycles. The third-order valence-corrected chi connectivity index (χ3v) is 6.48. The van der Waals surface area contributed by atoms with Gasteiger partial charge in [0.1, 0.15) is 0 Å². The second kappa shape index (κ2) is 11.4. The van der Waals surface area contributed by atoms with Gasteiger partial charge in [0.15, 0.2) is 17.3 Å². The van der Waals surface area contributed by atoms with E-state index in [0.29, 0.717) is 34.1 Å². The van der Waals surface area contributed by atoms with Crippen molar-refractivity contribution in [1.29, 1.82) is 0 Å². The zero-order valence-corrected chi connectivity index (χ0v) is 21.0. The average Bonchev–Trinajstić information content (AvgIpc) is 2.86. The van der Waals surface area contributed by atoms with Crippen molar-refractivity contribution >= 4 is 33.6 Å². The predicted molar refractivity (Wildman–Crippen MR) is 136 cm³/mol. The average molecular weight is 511 g/mol. The molecule has 0 unspecified atom stereocenters. The summed E-state index contributed by atoms with van der Waals surface area (Å²) < 4.78 is 42.7. The number of ketones is 1. The first kappa shape index (κ1) is 26.3. The SMILES string of the molecule is COc1ccc(/C=C/C(=O)c2ccc(NC(=O)NS(=O)(=O)c3ccc(C)cc3)cc2)c(OC)c1OC. The van der Waals surface area contributed by atoms with E-state index in [9.17, 15) is 18.0 Å². The minimum absolute atomic E-state index is 0.0258. The molecule has 0 atom stereocenters. The third-order valence-electron chi connectivity index (χ3n) is 5.13. The number of hydrogen-bond acceptors (Lipinski definition) is 7. The Bertz CT molecular complexity index is 1380. The van der Waals surface area contributed by atoms with Crippen LogP contribution in [0.5, 0.6) is 17.2 Å². The van der Waals surface area contributed by atoms with Gasteiger partial charge in [-0.1, -0.05) is 17.7 Å². The topological polar surface area (TPSA) is 120 Å². The van der Waals surface area contributed by atoms with Gasteiger partial charge in [-0.3, -0.25) is 4.79 Å². The van der Waals surface area contributed by atoms with E-state index in [1.165, 1.54) is 63.8 Å². The van der Waals surface area contributed by atoms with Crippen LogP contribution in [0.1, 0.15) is 21.5 Å². The zero-order valence-electron chi connectivity index (χ0n) is 20.2. The minimum Gasteiger partial charge on any atom is -0.493 e. The van der Waals surface area contributed by atoms with Crippen LogP contribution in [0.2, 0.25) is 0 Å². The minimum atomic E-state index is -4.02. The summed E-state index contributed by atoms with van der Waals surface area (Å²) in [6, 6.07) is 14.6. The number of urea groups is 1. The number of amides is 2. The van der Waals surface area contributed by atoms with Crippen molar-refractivity contribution in [3.63, 3.8) is 0 Å². The van der Waals surface area contributed by atoms with Gasteiger partial charge in [0.05, 0.1) is 26.2 Å². The standard InChI is InChI=1S/C26H26N2O7S/c1-17-5-13-21(14-6-17)36(31,32)28-26(30)27-20-11-7-18(8-12-20)22(29)15-9-19-10-16-23(33-2)25(35-4)24(19)34-3/h5-16H,1-4H3,(H2,27,28,30)/b15-9+. The van der Waals surface area contributed by atoms with Crippen LogP contribution in [0.25, 0.3) is 6.08 Å². The molecule has 0 saturated carbocycles. The molecular formula is C26H26N2O7S. The Kier molecular flexibility index (Phi) is 8.34. The first-order chi connectivity index (χ1) is 17.2. The monoisotopic (exact) mass is 510 g/mol. The lowest BCUT2D eigenvalue weighted by atomic mass is 10.1. The van der Waals surface area contributed by atoms with Crippen molar-refractivity contribution in [3.8, 4) is 17.2 Å². The summed E-state index contributed by atoms with van der Waals surface area (Å²) in [5, 5.41) is 2.44. The molecule has 3 aromatic rings. The first-order valence-electron chi connectivity index (χ1n) is 10.7. The molecule has 36 heavy (non-hydrogen) atoms. The maximum atomic E-state index is 12.6. The van der Waals surface area contributed by atoms with Crippen molar-refractivity contribution < 1.29 is 32.2 Å². The largest absolute Gasteiger partial charge is 0.493 e. The van der Waals surface area contributed by atoms with Crippen LogP contribution >= 0.6 is 0 Å². The lowest BCUT2D eigenvalue weighted by Crippen LogP contribution is -2.34. The Labute approximate surface area is 209 Å². The van der Waals surface area contributed by atoms with Gasteiger partial charge >= 0.3 is 6.03 Å². The van der Waals surface area contributed by atoms with Gasteiger partial charge in [0, 0.05) is 16.8 Å². The van der Waals surface area contributed by atoms with Gasteiger partial charge in [-0.05, 0) is 67.6 Å². The normalized spacial score (nSPS) is 11.1. The number of anilines is 1. The second-order valence-electron chi connectivity index (χ2n) is 7.57. The van der Waals surface area contributed by atoms with Gasteiger partial charge in [0.2, 0.25) is 5.75 Å². The van der Waals surface area contributed by atoms with Crippen LogP contribution in [0.4, 0.5) is 10.5 Å². The highest BCUT2D eigenvalue weighted by Gasteiger charge is 2.18. The van der Waals surface area contributed by atoms with E-state index in [0.717, 1.165) is 5.56 Å². The molecule has 0 bridgehead atoms. The molecule has 188 valence electrons. The molecular weight excluding hydrogens is 484 g/mol. The fraction of sp³-hybridized carbons (Fsp3) is 0.154. The molecule has 0 aliphatic carbocycles. The summed E-state index contributed by atoms with van der Waals surface area (Å²) in [7, 11) is 0.479. The summed E-state index contributed by atoms with van der Waals surface area (Å²) >= 11 is 0. The Morgan fingerprint density at radius 2 is 1.44 bits per heavy atom. The maximum absolute atomic E-state index is 12.6. The number of ether oxygens (including phenoxy) is 3. The fourth-order valence-corrected chi connectivity index (χ4v) is 4.20. The molecule has 0 spiro atoms. The lowest BCUT2D eigenvalue weighted by Gasteiger charge is -2.13. The van der Waals surface area contributed by atoms with Gasteiger partial charge < -0.3 is 19.5 Å².